The Morgan fingerprint density at radius 2 is 2.29 bits per heavy atom. The monoisotopic (exact) mass is 259 g/mol. The van der Waals surface area contributed by atoms with Crippen molar-refractivity contribution in [1.29, 1.82) is 0 Å². The van der Waals surface area contributed by atoms with E-state index in [1.807, 2.05) is 0 Å². The van der Waals surface area contributed by atoms with Crippen LogP contribution in [0.15, 0.2) is 16.6 Å². The summed E-state index contributed by atoms with van der Waals surface area (Å²) < 4.78 is 15.1. The maximum atomic E-state index is 13.0. The van der Waals surface area contributed by atoms with Crippen LogP contribution < -0.4 is 0 Å². The molecule has 0 radical (unpaired) electrons. The highest BCUT2D eigenvalue weighted by Gasteiger charge is 2.09. The smallest absolute Gasteiger partial charge is 0.127 e. The van der Waals surface area contributed by atoms with E-state index in [1.54, 1.807) is 0 Å². The van der Waals surface area contributed by atoms with Crippen molar-refractivity contribution in [3.63, 3.8) is 0 Å². The van der Waals surface area contributed by atoms with Crippen LogP contribution in [-0.4, -0.2) is 26.7 Å². The molecule has 0 atom stereocenters. The number of hydrogen-bond donors (Lipinski definition) is 1. The molecule has 0 aliphatic rings. The minimum Gasteiger partial charge on any atom is -0.394 e. The molecular formula is C8H7BrFN3O. The van der Waals surface area contributed by atoms with Gasteiger partial charge in [-0.2, -0.15) is 0 Å². The van der Waals surface area contributed by atoms with E-state index in [9.17, 15) is 4.39 Å². The van der Waals surface area contributed by atoms with E-state index in [-0.39, 0.29) is 12.4 Å². The van der Waals surface area contributed by atoms with Gasteiger partial charge in [0.05, 0.1) is 23.1 Å². The molecule has 14 heavy (non-hydrogen) atoms. The topological polar surface area (TPSA) is 50.9 Å². The van der Waals surface area contributed by atoms with Crippen LogP contribution in [0.5, 0.6) is 0 Å². The molecule has 0 amide bonds. The van der Waals surface area contributed by atoms with Gasteiger partial charge in [0.1, 0.15) is 11.3 Å². The maximum absolute atomic E-state index is 13.0. The molecule has 0 spiro atoms. The number of aliphatic hydroxyl groups is 1. The molecular weight excluding hydrogens is 253 g/mol. The summed E-state index contributed by atoms with van der Waals surface area (Å²) in [5.74, 6) is -0.356. The quantitative estimate of drug-likeness (QED) is 0.886. The number of halogens is 2. The Morgan fingerprint density at radius 3 is 3.00 bits per heavy atom. The van der Waals surface area contributed by atoms with Crippen molar-refractivity contribution in [2.45, 2.75) is 6.54 Å². The minimum absolute atomic E-state index is 0.0490. The second-order valence-corrected chi connectivity index (χ2v) is 3.65. The van der Waals surface area contributed by atoms with Crippen molar-refractivity contribution in [2.75, 3.05) is 6.61 Å². The van der Waals surface area contributed by atoms with Gasteiger partial charge in [-0.1, -0.05) is 5.21 Å². The summed E-state index contributed by atoms with van der Waals surface area (Å²) in [4.78, 5) is 0. The summed E-state index contributed by atoms with van der Waals surface area (Å²) >= 11 is 3.19. The second-order valence-electron chi connectivity index (χ2n) is 2.79. The van der Waals surface area contributed by atoms with Gasteiger partial charge in [-0.3, -0.25) is 0 Å². The standard InChI is InChI=1S/C8H7BrFN3O/c9-6-3-5(10)4-7-8(6)11-12-13(7)1-2-14/h3-4,14H,1-2H2. The molecule has 2 aromatic rings. The van der Waals surface area contributed by atoms with Crippen LogP contribution in [0.4, 0.5) is 4.39 Å². The fourth-order valence-corrected chi connectivity index (χ4v) is 1.76. The number of aliphatic hydroxyl groups excluding tert-OH is 1. The average Bonchev–Trinajstić information content (AvgIpc) is 2.49. The van der Waals surface area contributed by atoms with E-state index in [1.165, 1.54) is 16.8 Å². The Kier molecular flexibility index (Phi) is 2.47. The summed E-state index contributed by atoms with van der Waals surface area (Å²) in [7, 11) is 0. The molecule has 0 saturated heterocycles. The highest BCUT2D eigenvalue weighted by atomic mass is 79.9. The molecule has 0 fully saturated rings. The highest BCUT2D eigenvalue weighted by molar-refractivity contribution is 9.10. The lowest BCUT2D eigenvalue weighted by Gasteiger charge is -1.98. The molecule has 6 heteroatoms. The van der Waals surface area contributed by atoms with E-state index in [0.717, 1.165) is 0 Å². The van der Waals surface area contributed by atoms with Crippen LogP contribution in [0.2, 0.25) is 0 Å². The number of rotatable bonds is 2. The first kappa shape index (κ1) is 9.54. The summed E-state index contributed by atoms with van der Waals surface area (Å²) in [6.45, 7) is 0.263. The summed E-state index contributed by atoms with van der Waals surface area (Å²) in [5, 5.41) is 16.4. The molecule has 4 nitrogen and oxygen atoms in total. The highest BCUT2D eigenvalue weighted by Crippen LogP contribution is 2.22. The third-order valence-corrected chi connectivity index (χ3v) is 2.46. The van der Waals surface area contributed by atoms with Crippen LogP contribution in [0.25, 0.3) is 11.0 Å². The van der Waals surface area contributed by atoms with E-state index in [4.69, 9.17) is 5.11 Å². The maximum Gasteiger partial charge on any atom is 0.127 e. The molecule has 0 saturated carbocycles. The van der Waals surface area contributed by atoms with Gasteiger partial charge in [0.2, 0.25) is 0 Å². The van der Waals surface area contributed by atoms with Crippen molar-refractivity contribution in [3.8, 4) is 0 Å². The molecule has 0 bridgehead atoms. The van der Waals surface area contributed by atoms with Gasteiger partial charge in [0, 0.05) is 6.07 Å². The number of nitrogens with zero attached hydrogens (tertiary/aromatic N) is 3. The van der Waals surface area contributed by atoms with Crippen LogP contribution in [0.3, 0.4) is 0 Å². The Hall–Kier alpha value is -1.01. The lowest BCUT2D eigenvalue weighted by atomic mass is 10.3. The summed E-state index contributed by atoms with van der Waals surface area (Å²) in [5.41, 5.74) is 1.17. The van der Waals surface area contributed by atoms with Gasteiger partial charge in [0.25, 0.3) is 0 Å². The van der Waals surface area contributed by atoms with Gasteiger partial charge in [-0.15, -0.1) is 5.10 Å². The first-order valence-corrected chi connectivity index (χ1v) is 4.81. The zero-order chi connectivity index (χ0) is 10.1. The van der Waals surface area contributed by atoms with Gasteiger partial charge in [0.15, 0.2) is 0 Å². The number of benzene rings is 1. The Morgan fingerprint density at radius 1 is 1.50 bits per heavy atom. The van der Waals surface area contributed by atoms with Crippen LogP contribution >= 0.6 is 15.9 Å². The van der Waals surface area contributed by atoms with Crippen LogP contribution in [-0.2, 0) is 6.54 Å². The predicted octanol–water partition coefficient (Wildman–Crippen LogP) is 1.33. The van der Waals surface area contributed by atoms with Crippen molar-refractivity contribution >= 4 is 27.0 Å². The van der Waals surface area contributed by atoms with E-state index in [0.29, 0.717) is 22.1 Å². The molecule has 0 aliphatic carbocycles. The number of aromatic nitrogens is 3. The molecule has 0 aliphatic heterocycles. The molecule has 1 aromatic heterocycles. The molecule has 0 unspecified atom stereocenters. The van der Waals surface area contributed by atoms with Gasteiger partial charge in [-0.05, 0) is 22.0 Å². The SMILES string of the molecule is OCCn1nnc2c(Br)cc(F)cc21. The fraction of sp³-hybridized carbons (Fsp3) is 0.250. The second kappa shape index (κ2) is 3.62. The Balaban J connectivity index is 2.66. The fourth-order valence-electron chi connectivity index (χ4n) is 1.25. The van der Waals surface area contributed by atoms with E-state index in [2.05, 4.69) is 26.2 Å². The normalized spacial score (nSPS) is 11.1. The number of hydrogen-bond acceptors (Lipinski definition) is 3. The van der Waals surface area contributed by atoms with E-state index >= 15 is 0 Å². The van der Waals surface area contributed by atoms with Crippen molar-refractivity contribution < 1.29 is 9.50 Å². The largest absolute Gasteiger partial charge is 0.394 e. The molecule has 1 heterocycles. The van der Waals surface area contributed by atoms with Crippen LogP contribution in [0, 0.1) is 5.82 Å². The Bertz CT molecular complexity index is 471. The zero-order valence-corrected chi connectivity index (χ0v) is 8.70. The van der Waals surface area contributed by atoms with Gasteiger partial charge < -0.3 is 5.11 Å². The molecule has 2 rings (SSSR count). The lowest BCUT2D eigenvalue weighted by molar-refractivity contribution is 0.270. The van der Waals surface area contributed by atoms with Gasteiger partial charge in [-0.25, -0.2) is 9.07 Å². The van der Waals surface area contributed by atoms with Crippen LogP contribution in [0.1, 0.15) is 0 Å². The first-order chi connectivity index (χ1) is 6.72. The molecule has 1 N–H and O–H groups in total. The van der Waals surface area contributed by atoms with Crippen molar-refractivity contribution in [2.24, 2.45) is 0 Å². The minimum atomic E-state index is -0.356. The van der Waals surface area contributed by atoms with Crippen molar-refractivity contribution in [3.05, 3.63) is 22.4 Å². The van der Waals surface area contributed by atoms with Gasteiger partial charge >= 0.3 is 0 Å². The lowest BCUT2D eigenvalue weighted by Crippen LogP contribution is -2.03. The van der Waals surface area contributed by atoms with Crippen molar-refractivity contribution in [1.82, 2.24) is 15.0 Å². The van der Waals surface area contributed by atoms with E-state index < -0.39 is 0 Å². The molecule has 1 aromatic carbocycles. The Labute approximate surface area is 87.5 Å². The average molecular weight is 260 g/mol. The number of fused-ring (bicyclic) bond motifs is 1. The summed E-state index contributed by atoms with van der Waals surface area (Å²) in [6, 6.07) is 2.68. The molecule has 74 valence electrons. The predicted molar refractivity (Wildman–Crippen MR) is 52.3 cm³/mol. The zero-order valence-electron chi connectivity index (χ0n) is 7.11. The summed E-state index contributed by atoms with van der Waals surface area (Å²) in [6.07, 6.45) is 0. The third kappa shape index (κ3) is 1.51. The third-order valence-electron chi connectivity index (χ3n) is 1.85. The first-order valence-electron chi connectivity index (χ1n) is 4.01.